The number of hydrogen-bond acceptors (Lipinski definition) is 8. The van der Waals surface area contributed by atoms with E-state index in [1.165, 1.54) is 0 Å². The highest BCUT2D eigenvalue weighted by Gasteiger charge is 2.34. The molecule has 0 aliphatic heterocycles. The molecule has 5 rings (SSSR count). The summed E-state index contributed by atoms with van der Waals surface area (Å²) < 4.78 is 16.4. The molecule has 0 bridgehead atoms. The van der Waals surface area contributed by atoms with Gasteiger partial charge in [0.1, 0.15) is 29.6 Å². The maximum absolute atomic E-state index is 14.1. The van der Waals surface area contributed by atoms with Crippen molar-refractivity contribution in [2.75, 3.05) is 25.6 Å². The van der Waals surface area contributed by atoms with Crippen LogP contribution in [-0.4, -0.2) is 53.8 Å². The maximum Gasteiger partial charge on any atom is 0.407 e. The summed E-state index contributed by atoms with van der Waals surface area (Å²) in [5.41, 5.74) is 3.65. The van der Waals surface area contributed by atoms with Gasteiger partial charge in [-0.15, -0.1) is 0 Å². The molecule has 230 valence electrons. The number of nitrogens with zero attached hydrogens (tertiary/aromatic N) is 4. The molecule has 2 saturated carbocycles. The van der Waals surface area contributed by atoms with Gasteiger partial charge in [0.25, 0.3) is 0 Å². The Morgan fingerprint density at radius 3 is 2.47 bits per heavy atom. The highest BCUT2D eigenvalue weighted by atomic mass is 16.6. The second-order valence-corrected chi connectivity index (χ2v) is 11.7. The zero-order valence-electron chi connectivity index (χ0n) is 25.7. The van der Waals surface area contributed by atoms with Gasteiger partial charge in [0.15, 0.2) is 5.89 Å². The third kappa shape index (κ3) is 7.35. The number of anilines is 1. The number of aromatic nitrogens is 3. The molecule has 43 heavy (non-hydrogen) atoms. The first kappa shape index (κ1) is 30.5. The van der Waals surface area contributed by atoms with Gasteiger partial charge < -0.3 is 19.2 Å². The number of aryl methyl sites for hydroxylation is 2. The quantitative estimate of drug-likeness (QED) is 0.312. The average molecular weight is 590 g/mol. The minimum atomic E-state index is -0.424. The minimum absolute atomic E-state index is 0.0898. The Hall–Kier alpha value is -3.95. The molecule has 3 aromatic heterocycles. The second kappa shape index (κ2) is 14.0. The van der Waals surface area contributed by atoms with Crippen molar-refractivity contribution in [1.29, 1.82) is 0 Å². The van der Waals surface area contributed by atoms with Gasteiger partial charge in [-0.1, -0.05) is 6.92 Å². The van der Waals surface area contributed by atoms with Crippen LogP contribution in [0.15, 0.2) is 41.1 Å². The summed E-state index contributed by atoms with van der Waals surface area (Å²) in [5.74, 6) is 2.84. The number of ether oxygens (including phenoxy) is 2. The second-order valence-electron chi connectivity index (χ2n) is 11.7. The minimum Gasteiger partial charge on any atom is -0.495 e. The summed E-state index contributed by atoms with van der Waals surface area (Å²) in [6, 6.07) is 7.95. The monoisotopic (exact) mass is 589 g/mol. The molecular formula is C33H43N5O5. The van der Waals surface area contributed by atoms with E-state index in [-0.39, 0.29) is 17.9 Å². The van der Waals surface area contributed by atoms with Crippen molar-refractivity contribution in [2.45, 2.75) is 83.7 Å². The first-order valence-corrected chi connectivity index (χ1v) is 15.5. The number of alkyl carbamates (subject to hydrolysis) is 1. The van der Waals surface area contributed by atoms with Crippen LogP contribution < -0.4 is 15.0 Å². The summed E-state index contributed by atoms with van der Waals surface area (Å²) in [4.78, 5) is 41.8. The smallest absolute Gasteiger partial charge is 0.407 e. The highest BCUT2D eigenvalue weighted by Crippen LogP contribution is 2.38. The van der Waals surface area contributed by atoms with Crippen molar-refractivity contribution in [1.82, 2.24) is 20.3 Å². The summed E-state index contributed by atoms with van der Waals surface area (Å²) >= 11 is 0. The first-order valence-electron chi connectivity index (χ1n) is 15.5. The lowest BCUT2D eigenvalue weighted by Crippen LogP contribution is -2.42. The number of amides is 2. The molecule has 0 unspecified atom stereocenters. The van der Waals surface area contributed by atoms with Gasteiger partial charge in [0.2, 0.25) is 5.91 Å². The Bertz CT molecular complexity index is 1390. The van der Waals surface area contributed by atoms with E-state index in [1.807, 2.05) is 36.9 Å². The van der Waals surface area contributed by atoms with E-state index in [1.54, 1.807) is 26.6 Å². The van der Waals surface area contributed by atoms with Gasteiger partial charge in [-0.05, 0) is 88.5 Å². The number of rotatable bonds is 9. The van der Waals surface area contributed by atoms with Crippen LogP contribution in [0.2, 0.25) is 0 Å². The number of pyridine rings is 2. The Morgan fingerprint density at radius 2 is 1.81 bits per heavy atom. The molecule has 0 atom stereocenters. The third-order valence-corrected chi connectivity index (χ3v) is 8.92. The van der Waals surface area contributed by atoms with Gasteiger partial charge in [-0.3, -0.25) is 14.7 Å². The third-order valence-electron chi connectivity index (χ3n) is 8.92. The molecule has 2 aliphatic carbocycles. The van der Waals surface area contributed by atoms with E-state index < -0.39 is 6.09 Å². The van der Waals surface area contributed by atoms with Crippen molar-refractivity contribution >= 4 is 17.8 Å². The molecule has 2 aliphatic rings. The van der Waals surface area contributed by atoms with E-state index in [4.69, 9.17) is 18.9 Å². The standard InChI is InChI=1S/C33H43N5O5/c1-5-31-37-28(20-42-31)25-16-17-35-30(18-25)38(32(39)24-10-12-26(13-11-24)43-33(40)34-3)19-22-6-8-23(9-7-22)27-14-15-29(41-4)21(2)36-27/h14-18,20,22-24,26H,5-13,19H2,1-4H3,(H,34,40)/t22-,23-,24-,26-. The predicted molar refractivity (Wildman–Crippen MR) is 163 cm³/mol. The zero-order chi connectivity index (χ0) is 30.3. The molecule has 0 aromatic carbocycles. The largest absolute Gasteiger partial charge is 0.495 e. The normalized spacial score (nSPS) is 22.0. The average Bonchev–Trinajstić information content (AvgIpc) is 3.54. The lowest BCUT2D eigenvalue weighted by molar-refractivity contribution is -0.124. The van der Waals surface area contributed by atoms with Gasteiger partial charge in [-0.25, -0.2) is 14.8 Å². The van der Waals surface area contributed by atoms with Crippen LogP contribution in [0.3, 0.4) is 0 Å². The fourth-order valence-electron chi connectivity index (χ4n) is 6.40. The maximum atomic E-state index is 14.1. The van der Waals surface area contributed by atoms with E-state index in [0.717, 1.165) is 54.1 Å². The number of oxazole rings is 1. The zero-order valence-corrected chi connectivity index (χ0v) is 25.7. The van der Waals surface area contributed by atoms with Crippen LogP contribution in [0.5, 0.6) is 5.75 Å². The van der Waals surface area contributed by atoms with E-state index >= 15 is 0 Å². The topological polar surface area (TPSA) is 120 Å². The number of carbonyl (C=O) groups is 2. The molecule has 2 fully saturated rings. The fraction of sp³-hybridized carbons (Fsp3) is 0.545. The molecule has 3 heterocycles. The van der Waals surface area contributed by atoms with Crippen LogP contribution in [0, 0.1) is 18.8 Å². The van der Waals surface area contributed by atoms with Gasteiger partial charge in [0, 0.05) is 49.3 Å². The van der Waals surface area contributed by atoms with Crippen molar-refractivity contribution < 1.29 is 23.5 Å². The summed E-state index contributed by atoms with van der Waals surface area (Å²) in [5, 5.41) is 2.51. The van der Waals surface area contributed by atoms with Gasteiger partial charge >= 0.3 is 6.09 Å². The van der Waals surface area contributed by atoms with E-state index in [2.05, 4.69) is 21.4 Å². The lowest BCUT2D eigenvalue weighted by Gasteiger charge is -2.35. The number of methoxy groups -OCH3 is 1. The van der Waals surface area contributed by atoms with E-state index in [0.29, 0.717) is 62.2 Å². The first-order chi connectivity index (χ1) is 20.9. The number of carbonyl (C=O) groups excluding carboxylic acids is 2. The summed E-state index contributed by atoms with van der Waals surface area (Å²) in [6.07, 6.45) is 10.3. The molecule has 0 radical (unpaired) electrons. The van der Waals surface area contributed by atoms with Crippen molar-refractivity contribution in [3.8, 4) is 17.0 Å². The van der Waals surface area contributed by atoms with Crippen LogP contribution >= 0.6 is 0 Å². The molecule has 0 spiro atoms. The Labute approximate surface area is 253 Å². The fourth-order valence-corrected chi connectivity index (χ4v) is 6.40. The van der Waals surface area contributed by atoms with Gasteiger partial charge in [0.05, 0.1) is 12.8 Å². The van der Waals surface area contributed by atoms with Crippen molar-refractivity contribution in [2.24, 2.45) is 11.8 Å². The van der Waals surface area contributed by atoms with Crippen LogP contribution in [0.1, 0.15) is 81.5 Å². The van der Waals surface area contributed by atoms with Crippen LogP contribution in [-0.2, 0) is 16.0 Å². The van der Waals surface area contributed by atoms with E-state index in [9.17, 15) is 9.59 Å². The molecule has 2 amide bonds. The molecule has 10 heteroatoms. The highest BCUT2D eigenvalue weighted by molar-refractivity contribution is 5.94. The van der Waals surface area contributed by atoms with Gasteiger partial charge in [-0.2, -0.15) is 0 Å². The number of hydrogen-bond donors (Lipinski definition) is 1. The van der Waals surface area contributed by atoms with Crippen LogP contribution in [0.4, 0.5) is 10.6 Å². The number of nitrogens with one attached hydrogen (secondary N) is 1. The molecule has 3 aromatic rings. The lowest BCUT2D eigenvalue weighted by atomic mass is 9.79. The summed E-state index contributed by atoms with van der Waals surface area (Å²) in [6.45, 7) is 4.60. The van der Waals surface area contributed by atoms with Crippen LogP contribution in [0.25, 0.3) is 11.3 Å². The molecule has 0 saturated heterocycles. The Morgan fingerprint density at radius 1 is 1.05 bits per heavy atom. The SMILES string of the molecule is CCc1nc(-c2ccnc(N(C[C@H]3CC[C@H](c4ccc(OC)c(C)n4)CC3)C(=O)[C@H]3CC[C@H](OC(=O)NC)CC3)c2)co1. The molecule has 10 nitrogen and oxygen atoms in total. The van der Waals surface area contributed by atoms with Crippen molar-refractivity contribution in [3.05, 3.63) is 54.0 Å². The molecular weight excluding hydrogens is 546 g/mol. The predicted octanol–water partition coefficient (Wildman–Crippen LogP) is 6.23. The molecule has 1 N–H and O–H groups in total. The summed E-state index contributed by atoms with van der Waals surface area (Å²) in [7, 11) is 3.23. The van der Waals surface area contributed by atoms with Crippen molar-refractivity contribution in [3.63, 3.8) is 0 Å². The Kier molecular flexibility index (Phi) is 9.94. The Balaban J connectivity index is 1.31.